The van der Waals surface area contributed by atoms with Gasteiger partial charge in [0.05, 0.1) is 18.4 Å². The molecule has 3 heterocycles. The summed E-state index contributed by atoms with van der Waals surface area (Å²) in [5.41, 5.74) is 2.58. The van der Waals surface area contributed by atoms with E-state index in [0.717, 1.165) is 48.7 Å². The fourth-order valence-electron chi connectivity index (χ4n) is 4.29. The van der Waals surface area contributed by atoms with E-state index in [4.69, 9.17) is 4.74 Å². The predicted molar refractivity (Wildman–Crippen MR) is 101 cm³/mol. The topological polar surface area (TPSA) is 30.3 Å². The zero-order chi connectivity index (χ0) is 19.1. The van der Waals surface area contributed by atoms with E-state index < -0.39 is 0 Å². The highest BCUT2D eigenvalue weighted by Crippen LogP contribution is 2.35. The van der Waals surface area contributed by atoms with Crippen molar-refractivity contribution in [3.8, 4) is 11.3 Å². The van der Waals surface area contributed by atoms with Gasteiger partial charge in [-0.15, -0.1) is 0 Å². The summed E-state index contributed by atoms with van der Waals surface area (Å²) in [4.78, 5) is 6.82. The molecule has 1 atom stereocenters. The molecule has 2 aromatic carbocycles. The van der Waals surface area contributed by atoms with E-state index in [-0.39, 0.29) is 17.2 Å². The Hall–Kier alpha value is -2.57. The van der Waals surface area contributed by atoms with Crippen LogP contribution in [0, 0.1) is 11.6 Å². The number of benzene rings is 2. The van der Waals surface area contributed by atoms with Crippen molar-refractivity contribution in [1.29, 1.82) is 0 Å². The zero-order valence-electron chi connectivity index (χ0n) is 15.4. The van der Waals surface area contributed by atoms with Crippen LogP contribution in [0.5, 0.6) is 0 Å². The average molecular weight is 381 g/mol. The van der Waals surface area contributed by atoms with Crippen molar-refractivity contribution >= 4 is 0 Å². The van der Waals surface area contributed by atoms with Crippen LogP contribution in [0.2, 0.25) is 0 Å². The molecule has 144 valence electrons. The fraction of sp³-hybridized carbons (Fsp3) is 0.318. The molecule has 0 amide bonds. The van der Waals surface area contributed by atoms with Crippen LogP contribution < -0.4 is 0 Å². The molecule has 0 N–H and O–H groups in total. The number of ether oxygens (including phenoxy) is 1. The number of hydrogen-bond acceptors (Lipinski definition) is 3. The summed E-state index contributed by atoms with van der Waals surface area (Å²) in [6.07, 6.45) is 2.73. The minimum Gasteiger partial charge on any atom is -0.364 e. The zero-order valence-corrected chi connectivity index (χ0v) is 15.4. The van der Waals surface area contributed by atoms with Gasteiger partial charge < -0.3 is 9.30 Å². The highest BCUT2D eigenvalue weighted by Gasteiger charge is 2.43. The molecule has 1 saturated heterocycles. The van der Waals surface area contributed by atoms with E-state index in [1.54, 1.807) is 18.3 Å². The molecule has 28 heavy (non-hydrogen) atoms. The maximum atomic E-state index is 13.7. The molecule has 4 nitrogen and oxygen atoms in total. The lowest BCUT2D eigenvalue weighted by Gasteiger charge is -2.35. The largest absolute Gasteiger partial charge is 0.364 e. The van der Waals surface area contributed by atoms with E-state index in [2.05, 4.69) is 14.5 Å². The molecule has 1 spiro atoms. The predicted octanol–water partition coefficient (Wildman–Crippen LogP) is 4.00. The molecule has 1 fully saturated rings. The number of aromatic nitrogens is 2. The maximum Gasteiger partial charge on any atom is 0.135 e. The molecule has 0 unspecified atom stereocenters. The molecule has 0 saturated carbocycles. The van der Waals surface area contributed by atoms with Crippen LogP contribution in [-0.4, -0.2) is 33.1 Å². The second kappa shape index (κ2) is 6.79. The number of halogens is 2. The van der Waals surface area contributed by atoms with Gasteiger partial charge in [-0.3, -0.25) is 4.90 Å². The van der Waals surface area contributed by atoms with Crippen LogP contribution in [0.15, 0.2) is 54.7 Å². The summed E-state index contributed by atoms with van der Waals surface area (Å²) in [5, 5.41) is 0. The minimum atomic E-state index is -0.268. The molecule has 1 aromatic heterocycles. The Morgan fingerprint density at radius 3 is 2.71 bits per heavy atom. The first-order chi connectivity index (χ1) is 13.6. The lowest BCUT2D eigenvalue weighted by Crippen LogP contribution is -2.44. The summed E-state index contributed by atoms with van der Waals surface area (Å²) < 4.78 is 35.2. The van der Waals surface area contributed by atoms with Crippen LogP contribution in [0.4, 0.5) is 8.78 Å². The minimum absolute atomic E-state index is 0.213. The number of imidazole rings is 1. The van der Waals surface area contributed by atoms with E-state index in [0.29, 0.717) is 13.2 Å². The Labute approximate surface area is 162 Å². The number of nitrogens with zero attached hydrogens (tertiary/aromatic N) is 3. The Bertz CT molecular complexity index is 1000. The number of hydrogen-bond donors (Lipinski definition) is 0. The van der Waals surface area contributed by atoms with Gasteiger partial charge in [-0.1, -0.05) is 24.3 Å². The molecular formula is C22H21F2N3O. The number of fused-ring (bicyclic) bond motifs is 1. The first-order valence-electron chi connectivity index (χ1n) is 9.51. The third kappa shape index (κ3) is 3.23. The van der Waals surface area contributed by atoms with Crippen molar-refractivity contribution in [2.75, 3.05) is 13.1 Å². The summed E-state index contributed by atoms with van der Waals surface area (Å²) >= 11 is 0. The lowest BCUT2D eigenvalue weighted by molar-refractivity contribution is -0.0821. The Balaban J connectivity index is 1.35. The van der Waals surface area contributed by atoms with Crippen molar-refractivity contribution in [3.05, 3.63) is 77.8 Å². The molecule has 0 radical (unpaired) electrons. The average Bonchev–Trinajstić information content (AvgIpc) is 3.28. The second-order valence-electron chi connectivity index (χ2n) is 7.71. The van der Waals surface area contributed by atoms with Gasteiger partial charge in [-0.25, -0.2) is 13.8 Å². The van der Waals surface area contributed by atoms with E-state index in [9.17, 15) is 8.78 Å². The van der Waals surface area contributed by atoms with Crippen LogP contribution in [0.25, 0.3) is 11.3 Å². The standard InChI is InChI=1S/C22H21F2N3O/c23-18-6-4-16(5-7-18)12-26-9-8-22(14-26)15-27-20(11-25-21(27)13-28-22)17-2-1-3-19(24)10-17/h1-7,10-11H,8-9,12-15H2/t22-/m0/s1. The van der Waals surface area contributed by atoms with Gasteiger partial charge in [0.15, 0.2) is 0 Å². The highest BCUT2D eigenvalue weighted by molar-refractivity contribution is 5.59. The van der Waals surface area contributed by atoms with Gasteiger partial charge in [0.2, 0.25) is 0 Å². The lowest BCUT2D eigenvalue weighted by atomic mass is 10.0. The summed E-state index contributed by atoms with van der Waals surface area (Å²) in [5.74, 6) is 0.415. The van der Waals surface area contributed by atoms with Crippen LogP contribution in [0.3, 0.4) is 0 Å². The molecule has 5 rings (SSSR count). The quantitative estimate of drug-likeness (QED) is 0.687. The Morgan fingerprint density at radius 1 is 1.04 bits per heavy atom. The maximum absolute atomic E-state index is 13.7. The first kappa shape index (κ1) is 17.5. The molecule has 2 aliphatic rings. The van der Waals surface area contributed by atoms with Crippen molar-refractivity contribution in [1.82, 2.24) is 14.5 Å². The Morgan fingerprint density at radius 2 is 1.89 bits per heavy atom. The number of rotatable bonds is 3. The summed E-state index contributed by atoms with van der Waals surface area (Å²) in [6.45, 7) is 3.67. The third-order valence-corrected chi connectivity index (χ3v) is 5.73. The molecular weight excluding hydrogens is 360 g/mol. The third-order valence-electron chi connectivity index (χ3n) is 5.73. The normalized spacial score (nSPS) is 21.9. The SMILES string of the molecule is Fc1ccc(CN2CC[C@]3(C2)Cn2c(-c4cccc(F)c4)cnc2CO3)cc1. The molecule has 2 aliphatic heterocycles. The molecule has 0 bridgehead atoms. The van der Waals surface area contributed by atoms with E-state index in [1.807, 2.05) is 18.2 Å². The van der Waals surface area contributed by atoms with Gasteiger partial charge >= 0.3 is 0 Å². The second-order valence-corrected chi connectivity index (χ2v) is 7.71. The summed E-state index contributed by atoms with van der Waals surface area (Å²) in [7, 11) is 0. The first-order valence-corrected chi connectivity index (χ1v) is 9.51. The van der Waals surface area contributed by atoms with Gasteiger partial charge in [-0.2, -0.15) is 0 Å². The summed E-state index contributed by atoms with van der Waals surface area (Å²) in [6, 6.07) is 13.3. The smallest absolute Gasteiger partial charge is 0.135 e. The van der Waals surface area contributed by atoms with Gasteiger partial charge in [-0.05, 0) is 36.2 Å². The molecule has 6 heteroatoms. The van der Waals surface area contributed by atoms with Crippen molar-refractivity contribution < 1.29 is 13.5 Å². The highest BCUT2D eigenvalue weighted by atomic mass is 19.1. The fourth-order valence-corrected chi connectivity index (χ4v) is 4.29. The Kier molecular flexibility index (Phi) is 4.25. The van der Waals surface area contributed by atoms with Gasteiger partial charge in [0.1, 0.15) is 29.7 Å². The van der Waals surface area contributed by atoms with Crippen molar-refractivity contribution in [2.45, 2.75) is 31.7 Å². The van der Waals surface area contributed by atoms with Gasteiger partial charge in [0, 0.05) is 25.2 Å². The molecule has 0 aliphatic carbocycles. The van der Waals surface area contributed by atoms with Crippen LogP contribution in [-0.2, 0) is 24.4 Å². The van der Waals surface area contributed by atoms with E-state index in [1.165, 1.54) is 18.2 Å². The van der Waals surface area contributed by atoms with Crippen molar-refractivity contribution in [2.24, 2.45) is 0 Å². The molecule has 3 aromatic rings. The monoisotopic (exact) mass is 381 g/mol. The van der Waals surface area contributed by atoms with Crippen molar-refractivity contribution in [3.63, 3.8) is 0 Å². The number of likely N-dealkylation sites (tertiary alicyclic amines) is 1. The van der Waals surface area contributed by atoms with Gasteiger partial charge in [0.25, 0.3) is 0 Å². The van der Waals surface area contributed by atoms with E-state index >= 15 is 0 Å². The van der Waals surface area contributed by atoms with Crippen LogP contribution in [0.1, 0.15) is 17.8 Å². The van der Waals surface area contributed by atoms with Crippen LogP contribution >= 0.6 is 0 Å².